The van der Waals surface area contributed by atoms with Gasteiger partial charge in [0.15, 0.2) is 11.9 Å². The van der Waals surface area contributed by atoms with Crippen molar-refractivity contribution in [2.45, 2.75) is 178 Å². The average molecular weight is 1270 g/mol. The predicted octanol–water partition coefficient (Wildman–Crippen LogP) is -3.53. The molecule has 2 bridgehead atoms. The molecule has 32 nitrogen and oxygen atoms in total. The van der Waals surface area contributed by atoms with Gasteiger partial charge in [-0.05, 0) is 96.3 Å². The number of rotatable bonds is 31. The summed E-state index contributed by atoms with van der Waals surface area (Å²) in [6.07, 6.45) is 8.79. The summed E-state index contributed by atoms with van der Waals surface area (Å²) >= 11 is 1.87. The van der Waals surface area contributed by atoms with Crippen molar-refractivity contribution in [3.8, 4) is 0 Å². The van der Waals surface area contributed by atoms with Crippen LogP contribution in [0.15, 0.2) is 16.2 Å². The Hall–Kier alpha value is -7.10. The molecule has 0 radical (unpaired) electrons. The minimum atomic E-state index is -1.23. The van der Waals surface area contributed by atoms with Crippen LogP contribution in [0.25, 0.3) is 0 Å². The number of ether oxygens (including phenoxy) is 3. The van der Waals surface area contributed by atoms with Crippen molar-refractivity contribution in [1.82, 2.24) is 68.2 Å². The van der Waals surface area contributed by atoms with Gasteiger partial charge in [-0.15, -0.1) is 5.10 Å². The van der Waals surface area contributed by atoms with E-state index < -0.39 is 84.1 Å². The number of guanidine groups is 2. The summed E-state index contributed by atoms with van der Waals surface area (Å²) in [7, 11) is 1.61. The first-order chi connectivity index (χ1) is 42.1. The van der Waals surface area contributed by atoms with Crippen LogP contribution in [0.3, 0.4) is 0 Å². The molecule has 0 aliphatic carbocycles. The van der Waals surface area contributed by atoms with Crippen molar-refractivity contribution in [3.05, 3.63) is 11.9 Å². The minimum Gasteiger partial charge on any atom is -0.379 e. The van der Waals surface area contributed by atoms with Crippen LogP contribution in [0, 0.1) is 5.92 Å². The number of nitrogens with one attached hydrogen (secondary N) is 10. The van der Waals surface area contributed by atoms with Crippen molar-refractivity contribution in [1.29, 1.82) is 0 Å². The zero-order valence-electron chi connectivity index (χ0n) is 51.7. The van der Waals surface area contributed by atoms with Crippen LogP contribution in [0.2, 0.25) is 0 Å². The molecule has 0 spiro atoms. The van der Waals surface area contributed by atoms with Crippen LogP contribution in [-0.4, -0.2) is 213 Å². The number of urea groups is 1. The van der Waals surface area contributed by atoms with Gasteiger partial charge in [-0.2, -0.15) is 11.8 Å². The fourth-order valence-electron chi connectivity index (χ4n) is 9.23. The smallest absolute Gasteiger partial charge is 0.314 e. The van der Waals surface area contributed by atoms with Gasteiger partial charge in [-0.3, -0.25) is 53.0 Å². The van der Waals surface area contributed by atoms with Crippen LogP contribution >= 0.6 is 11.8 Å². The molecular formula is C55H100N20O12S. The maximum atomic E-state index is 14.1. The van der Waals surface area contributed by atoms with Gasteiger partial charge in [0.05, 0.1) is 44.7 Å². The quantitative estimate of drug-likeness (QED) is 0.0195. The van der Waals surface area contributed by atoms with Crippen LogP contribution in [0.4, 0.5) is 4.79 Å². The van der Waals surface area contributed by atoms with E-state index in [9.17, 15) is 43.2 Å². The van der Waals surface area contributed by atoms with Crippen molar-refractivity contribution >= 4 is 77.0 Å². The van der Waals surface area contributed by atoms with Crippen molar-refractivity contribution in [2.75, 3.05) is 85.2 Å². The maximum Gasteiger partial charge on any atom is 0.314 e. The van der Waals surface area contributed by atoms with Gasteiger partial charge < -0.3 is 96.0 Å². The van der Waals surface area contributed by atoms with Crippen molar-refractivity contribution in [2.24, 2.45) is 44.6 Å². The number of fused-ring (bicyclic) bond motifs is 2. The molecule has 2 aliphatic heterocycles. The maximum absolute atomic E-state index is 14.1. The molecule has 20 N–H and O–H groups in total. The number of aliphatic imine (C=N–C) groups is 2. The highest BCUT2D eigenvalue weighted by molar-refractivity contribution is 8.00. The Bertz CT molecular complexity index is 2380. The third-order valence-electron chi connectivity index (χ3n) is 13.9. The van der Waals surface area contributed by atoms with Crippen LogP contribution < -0.4 is 81.8 Å². The van der Waals surface area contributed by atoms with Gasteiger partial charge in [-0.25, -0.2) is 4.79 Å². The minimum absolute atomic E-state index is 0.0252. The molecule has 3 heterocycles. The SMILES string of the molecule is CNC(=O)N[C@@H]1CS[C@H](CCCCC(=O)NCCCOCCOCCOCCCNC(=O)[C@@H]2CCCCn3cc(nn3)C[C@H](N)C(=O)N[C@@H](CC(C)C)C(=O)N[C@@H](CCCN=C(N)N)C(=O)NCC(=O)N[C@@H](C)C(=O)N[C@@H](CCCN=C(N)N)C(=O)N2)C1. The molecule has 1 saturated heterocycles. The van der Waals surface area contributed by atoms with Crippen LogP contribution in [-0.2, 0) is 65.5 Å². The molecule has 10 amide bonds. The molecule has 88 heavy (non-hydrogen) atoms. The number of nitrogens with zero attached hydrogens (tertiary/aromatic N) is 5. The third-order valence-corrected chi connectivity index (χ3v) is 15.4. The second kappa shape index (κ2) is 43.5. The van der Waals surface area contributed by atoms with E-state index in [1.165, 1.54) is 6.92 Å². The number of carbonyl (C=O) groups is 9. The molecule has 1 fully saturated rings. The van der Waals surface area contributed by atoms with E-state index in [4.69, 9.17) is 42.9 Å². The Labute approximate surface area is 519 Å². The highest BCUT2D eigenvalue weighted by Crippen LogP contribution is 2.30. The Morgan fingerprint density at radius 1 is 0.727 bits per heavy atom. The Balaban J connectivity index is 1.55. The number of aryl methyl sites for hydroxylation is 1. The number of hydrogen-bond donors (Lipinski definition) is 15. The number of thioether (sulfide) groups is 1. The number of unbranched alkanes of at least 4 members (excludes halogenated alkanes) is 1. The lowest BCUT2D eigenvalue weighted by Gasteiger charge is -2.25. The molecule has 498 valence electrons. The topological polar surface area (TPSA) is 487 Å². The molecule has 0 unspecified atom stereocenters. The van der Waals surface area contributed by atoms with Crippen LogP contribution in [0.5, 0.6) is 0 Å². The largest absolute Gasteiger partial charge is 0.379 e. The normalized spacial score (nSPS) is 22.1. The van der Waals surface area contributed by atoms with Gasteiger partial charge in [0.2, 0.25) is 47.3 Å². The van der Waals surface area contributed by atoms with E-state index in [0.29, 0.717) is 95.8 Å². The molecule has 0 aromatic carbocycles. The summed E-state index contributed by atoms with van der Waals surface area (Å²) in [4.78, 5) is 127. The second-order valence-electron chi connectivity index (χ2n) is 22.1. The molecule has 2 aliphatic rings. The molecule has 3 rings (SSSR count). The monoisotopic (exact) mass is 1260 g/mol. The van der Waals surface area contributed by atoms with Crippen LogP contribution in [0.1, 0.15) is 123 Å². The predicted molar refractivity (Wildman–Crippen MR) is 332 cm³/mol. The first-order valence-corrected chi connectivity index (χ1v) is 31.6. The van der Waals surface area contributed by atoms with E-state index >= 15 is 0 Å². The highest BCUT2D eigenvalue weighted by atomic mass is 32.2. The van der Waals surface area contributed by atoms with E-state index in [1.54, 1.807) is 17.9 Å². The summed E-state index contributed by atoms with van der Waals surface area (Å²) in [6, 6.07) is -6.91. The molecule has 0 saturated carbocycles. The lowest BCUT2D eigenvalue weighted by Crippen LogP contribution is -2.57. The highest BCUT2D eigenvalue weighted by Gasteiger charge is 2.32. The van der Waals surface area contributed by atoms with Gasteiger partial charge in [0.1, 0.15) is 30.2 Å². The second-order valence-corrected chi connectivity index (χ2v) is 23.4. The van der Waals surface area contributed by atoms with E-state index in [-0.39, 0.29) is 100 Å². The zero-order chi connectivity index (χ0) is 64.6. The van der Waals surface area contributed by atoms with E-state index in [1.807, 2.05) is 25.6 Å². The number of carbonyl (C=O) groups excluding carboxylic acids is 9. The fourth-order valence-corrected chi connectivity index (χ4v) is 10.7. The lowest BCUT2D eigenvalue weighted by atomic mass is 10.0. The van der Waals surface area contributed by atoms with Gasteiger partial charge in [0, 0.05) is 89.1 Å². The Morgan fingerprint density at radius 3 is 1.97 bits per heavy atom. The summed E-state index contributed by atoms with van der Waals surface area (Å²) in [6.45, 7) is 7.96. The zero-order valence-corrected chi connectivity index (χ0v) is 52.5. The summed E-state index contributed by atoms with van der Waals surface area (Å²) in [5, 5.41) is 36.1. The molecule has 8 atom stereocenters. The average Bonchev–Trinajstić information content (AvgIpc) is 4.21. The number of aromatic nitrogens is 3. The van der Waals surface area contributed by atoms with Gasteiger partial charge in [0.25, 0.3) is 0 Å². The van der Waals surface area contributed by atoms with E-state index in [0.717, 1.165) is 31.4 Å². The molecular weight excluding hydrogens is 1160 g/mol. The summed E-state index contributed by atoms with van der Waals surface area (Å²) in [5.41, 5.74) is 28.7. The third kappa shape index (κ3) is 33.3. The van der Waals surface area contributed by atoms with Crippen molar-refractivity contribution < 1.29 is 57.4 Å². The summed E-state index contributed by atoms with van der Waals surface area (Å²) < 4.78 is 18.5. The first-order valence-electron chi connectivity index (χ1n) is 30.5. The number of hydrogen-bond acceptors (Lipinski definition) is 18. The van der Waals surface area contributed by atoms with Crippen molar-refractivity contribution in [3.63, 3.8) is 0 Å². The number of nitrogens with two attached hydrogens (primary N) is 5. The molecule has 33 heteroatoms. The van der Waals surface area contributed by atoms with Gasteiger partial charge in [-0.1, -0.05) is 25.5 Å². The van der Waals surface area contributed by atoms with Gasteiger partial charge >= 0.3 is 6.03 Å². The molecule has 1 aromatic rings. The molecule has 1 aromatic heterocycles. The van der Waals surface area contributed by atoms with E-state index in [2.05, 4.69) is 73.5 Å². The first kappa shape index (κ1) is 75.2. The Morgan fingerprint density at radius 2 is 1.33 bits per heavy atom. The standard InChI is InChI=1S/C55H100N20O12S/c1-35(2)29-44-52(83)71-42(15-9-18-64-53(57)58)50(81)66-32-46(77)67-36(3)47(78)69-43(16-10-19-65-54(59)60)51(82)70-41(14-7-8-22-75-33-37(73-74-75)31-40(56)48(79)72-44)49(80)63-21-12-24-86-26-28-87-27-25-85-23-11-20-62-45(76)17-6-5-13-39-30-38(34-88-39)68-55(84)61-4/h33,35-36,38-44H,5-32,34,56H2,1-4H3,(H,62,76)(H,63,80)(H,66,81)(H,67,77)(H,69,78)(H,70,82)(H,71,83)(H,72,79)(H4,57,58,64)(H4,59,60,65)(H2,61,68,84)/t36-,38-,39+,40-,41-,42-,43-,44-/m0/s1. The Kier molecular flexibility index (Phi) is 37.2. The summed E-state index contributed by atoms with van der Waals surface area (Å²) in [5.74, 6) is -4.24. The fraction of sp³-hybridized carbons (Fsp3) is 0.764. The number of amides is 10. The lowest BCUT2D eigenvalue weighted by molar-refractivity contribution is -0.134.